The summed E-state index contributed by atoms with van der Waals surface area (Å²) in [6.45, 7) is 4.28. The summed E-state index contributed by atoms with van der Waals surface area (Å²) in [4.78, 5) is 14.1. The van der Waals surface area contributed by atoms with Gasteiger partial charge in [-0.25, -0.2) is 0 Å². The average Bonchev–Trinajstić information content (AvgIpc) is 2.34. The zero-order chi connectivity index (χ0) is 14.9. The summed E-state index contributed by atoms with van der Waals surface area (Å²) < 4.78 is 25.0. The number of nitrogens with zero attached hydrogens (tertiary/aromatic N) is 1. The van der Waals surface area contributed by atoms with Gasteiger partial charge in [-0.2, -0.15) is 8.78 Å². The standard InChI is InChI=1S/C14H17F2NO2S/c1-9(2)14(19)7-17(8-14)12(18)10-5-3-4-6-11(10)20-13(15)16/h3-6,9,13,19H,7-8H2,1-2H3. The third-order valence-electron chi connectivity index (χ3n) is 3.62. The molecule has 1 saturated heterocycles. The Kier molecular flexibility index (Phi) is 4.34. The van der Waals surface area contributed by atoms with E-state index in [1.54, 1.807) is 18.2 Å². The second-order valence-electron chi connectivity index (χ2n) is 5.29. The van der Waals surface area contributed by atoms with E-state index in [0.29, 0.717) is 11.8 Å². The van der Waals surface area contributed by atoms with Crippen molar-refractivity contribution in [1.82, 2.24) is 4.90 Å². The second kappa shape index (κ2) is 5.69. The van der Waals surface area contributed by atoms with Gasteiger partial charge in [0.05, 0.1) is 18.7 Å². The molecule has 1 aliphatic heterocycles. The molecule has 1 amide bonds. The number of benzene rings is 1. The van der Waals surface area contributed by atoms with Crippen molar-refractivity contribution >= 4 is 17.7 Å². The van der Waals surface area contributed by atoms with Crippen molar-refractivity contribution in [1.29, 1.82) is 0 Å². The van der Waals surface area contributed by atoms with Crippen LogP contribution in [0.3, 0.4) is 0 Å². The van der Waals surface area contributed by atoms with E-state index >= 15 is 0 Å². The molecule has 1 aromatic rings. The predicted octanol–water partition coefficient (Wildman–Crippen LogP) is 2.84. The highest BCUT2D eigenvalue weighted by Gasteiger charge is 2.46. The van der Waals surface area contributed by atoms with Crippen LogP contribution in [0, 0.1) is 5.92 Å². The molecule has 0 atom stereocenters. The van der Waals surface area contributed by atoms with Crippen LogP contribution >= 0.6 is 11.8 Å². The number of amides is 1. The molecule has 1 aliphatic rings. The molecule has 0 aliphatic carbocycles. The van der Waals surface area contributed by atoms with Crippen molar-refractivity contribution in [3.05, 3.63) is 29.8 Å². The van der Waals surface area contributed by atoms with Gasteiger partial charge in [-0.15, -0.1) is 0 Å². The normalized spacial score (nSPS) is 17.4. The van der Waals surface area contributed by atoms with E-state index in [0.717, 1.165) is 0 Å². The Bertz CT molecular complexity index is 502. The maximum absolute atomic E-state index is 12.5. The Morgan fingerprint density at radius 2 is 1.95 bits per heavy atom. The first-order chi connectivity index (χ1) is 9.33. The molecule has 1 fully saturated rings. The van der Waals surface area contributed by atoms with Gasteiger partial charge in [-0.05, 0) is 18.1 Å². The van der Waals surface area contributed by atoms with E-state index in [2.05, 4.69) is 0 Å². The maximum Gasteiger partial charge on any atom is 0.288 e. The summed E-state index contributed by atoms with van der Waals surface area (Å²) in [7, 11) is 0. The number of carbonyl (C=O) groups excluding carboxylic acids is 1. The first kappa shape index (κ1) is 15.3. The van der Waals surface area contributed by atoms with Gasteiger partial charge in [0.1, 0.15) is 5.60 Å². The van der Waals surface area contributed by atoms with E-state index in [9.17, 15) is 18.7 Å². The van der Waals surface area contributed by atoms with Gasteiger partial charge in [-0.1, -0.05) is 37.7 Å². The van der Waals surface area contributed by atoms with Gasteiger partial charge in [-0.3, -0.25) is 4.79 Å². The monoisotopic (exact) mass is 301 g/mol. The van der Waals surface area contributed by atoms with Crippen molar-refractivity contribution in [2.45, 2.75) is 30.1 Å². The minimum Gasteiger partial charge on any atom is -0.386 e. The Balaban J connectivity index is 2.12. The van der Waals surface area contributed by atoms with Crippen LogP contribution in [0.1, 0.15) is 24.2 Å². The third kappa shape index (κ3) is 2.96. The molecule has 0 unspecified atom stereocenters. The first-order valence-electron chi connectivity index (χ1n) is 6.39. The molecule has 0 radical (unpaired) electrons. The molecule has 110 valence electrons. The summed E-state index contributed by atoms with van der Waals surface area (Å²) in [6, 6.07) is 6.33. The molecule has 2 rings (SSSR count). The highest BCUT2D eigenvalue weighted by Crippen LogP contribution is 2.33. The lowest BCUT2D eigenvalue weighted by molar-refractivity contribution is -0.110. The second-order valence-corrected chi connectivity index (χ2v) is 6.33. The molecule has 0 bridgehead atoms. The van der Waals surface area contributed by atoms with Gasteiger partial charge < -0.3 is 10.0 Å². The number of likely N-dealkylation sites (tertiary alicyclic amines) is 1. The van der Waals surface area contributed by atoms with E-state index in [4.69, 9.17) is 0 Å². The highest BCUT2D eigenvalue weighted by atomic mass is 32.2. The van der Waals surface area contributed by atoms with Crippen LogP contribution in [0.25, 0.3) is 0 Å². The van der Waals surface area contributed by atoms with Crippen LogP contribution in [0.15, 0.2) is 29.2 Å². The molecule has 3 nitrogen and oxygen atoms in total. The number of rotatable bonds is 4. The zero-order valence-electron chi connectivity index (χ0n) is 11.3. The van der Waals surface area contributed by atoms with Gasteiger partial charge in [0, 0.05) is 4.90 Å². The Morgan fingerprint density at radius 1 is 1.35 bits per heavy atom. The van der Waals surface area contributed by atoms with Crippen molar-refractivity contribution in [2.75, 3.05) is 13.1 Å². The summed E-state index contributed by atoms with van der Waals surface area (Å²) >= 11 is 0.368. The lowest BCUT2D eigenvalue weighted by Gasteiger charge is -2.49. The Hall–Kier alpha value is -1.14. The van der Waals surface area contributed by atoms with Crippen LogP contribution in [0.2, 0.25) is 0 Å². The summed E-state index contributed by atoms with van der Waals surface area (Å²) in [6.07, 6.45) is 0. The molecule has 0 spiro atoms. The minimum atomic E-state index is -2.56. The van der Waals surface area contributed by atoms with E-state index in [-0.39, 0.29) is 35.4 Å². The fourth-order valence-corrected chi connectivity index (χ4v) is 2.77. The minimum absolute atomic E-state index is 0.0530. The maximum atomic E-state index is 12.5. The highest BCUT2D eigenvalue weighted by molar-refractivity contribution is 7.99. The van der Waals surface area contributed by atoms with Gasteiger partial charge >= 0.3 is 0 Å². The molecular formula is C14H17F2NO2S. The molecule has 0 aromatic heterocycles. The van der Waals surface area contributed by atoms with Gasteiger partial charge in [0.15, 0.2) is 0 Å². The molecule has 1 aromatic carbocycles. The Labute approximate surface area is 121 Å². The number of carbonyl (C=O) groups is 1. The summed E-state index contributed by atoms with van der Waals surface area (Å²) in [5, 5.41) is 10.1. The van der Waals surface area contributed by atoms with Crippen LogP contribution in [-0.4, -0.2) is 40.4 Å². The smallest absolute Gasteiger partial charge is 0.288 e. The van der Waals surface area contributed by atoms with E-state index in [1.807, 2.05) is 13.8 Å². The number of aliphatic hydroxyl groups is 1. The number of halogens is 2. The number of β-amino-alcohol motifs (C(OH)–C–C–N with tert-alkyl or cyclic N) is 1. The lowest BCUT2D eigenvalue weighted by Crippen LogP contribution is -2.66. The molecule has 1 heterocycles. The number of hydrogen-bond acceptors (Lipinski definition) is 3. The number of alkyl halides is 2. The van der Waals surface area contributed by atoms with E-state index < -0.39 is 11.4 Å². The molecule has 1 N–H and O–H groups in total. The predicted molar refractivity (Wildman–Crippen MR) is 74.0 cm³/mol. The van der Waals surface area contributed by atoms with Crippen molar-refractivity contribution in [3.8, 4) is 0 Å². The topological polar surface area (TPSA) is 40.5 Å². The molecule has 6 heteroatoms. The summed E-state index contributed by atoms with van der Waals surface area (Å²) in [5.41, 5.74) is -0.593. The van der Waals surface area contributed by atoms with Crippen LogP contribution in [-0.2, 0) is 0 Å². The Morgan fingerprint density at radius 3 is 2.50 bits per heavy atom. The van der Waals surface area contributed by atoms with Crippen LogP contribution in [0.4, 0.5) is 8.78 Å². The quantitative estimate of drug-likeness (QED) is 0.869. The third-order valence-corrected chi connectivity index (χ3v) is 4.41. The SMILES string of the molecule is CC(C)C1(O)CN(C(=O)c2ccccc2SC(F)F)C1. The fourth-order valence-electron chi connectivity index (χ4n) is 2.14. The fraction of sp³-hybridized carbons (Fsp3) is 0.500. The molecule has 20 heavy (non-hydrogen) atoms. The van der Waals surface area contributed by atoms with Crippen molar-refractivity contribution in [3.63, 3.8) is 0 Å². The average molecular weight is 301 g/mol. The van der Waals surface area contributed by atoms with Gasteiger partial charge in [0.2, 0.25) is 0 Å². The van der Waals surface area contributed by atoms with Crippen LogP contribution < -0.4 is 0 Å². The van der Waals surface area contributed by atoms with Crippen molar-refractivity contribution in [2.24, 2.45) is 5.92 Å². The van der Waals surface area contributed by atoms with Crippen molar-refractivity contribution < 1.29 is 18.7 Å². The first-order valence-corrected chi connectivity index (χ1v) is 7.27. The zero-order valence-corrected chi connectivity index (χ0v) is 12.2. The molecule has 0 saturated carbocycles. The molecular weight excluding hydrogens is 284 g/mol. The number of hydrogen-bond donors (Lipinski definition) is 1. The summed E-state index contributed by atoms with van der Waals surface area (Å²) in [5.74, 6) is -2.82. The van der Waals surface area contributed by atoms with Crippen LogP contribution in [0.5, 0.6) is 0 Å². The lowest BCUT2D eigenvalue weighted by atomic mass is 9.82. The van der Waals surface area contributed by atoms with E-state index in [1.165, 1.54) is 11.0 Å². The number of thioether (sulfide) groups is 1. The van der Waals surface area contributed by atoms with Gasteiger partial charge in [0.25, 0.3) is 11.7 Å². The largest absolute Gasteiger partial charge is 0.386 e.